The molecule has 0 aliphatic carbocycles. The molecule has 0 amide bonds. The number of ether oxygens (including phenoxy) is 2. The Balaban J connectivity index is 0.00000114. The van der Waals surface area contributed by atoms with Crippen LogP contribution in [-0.2, 0) is 21.9 Å². The van der Waals surface area contributed by atoms with Crippen molar-refractivity contribution in [2.24, 2.45) is 9.98 Å². The third-order valence-electron chi connectivity index (χ3n) is 4.93. The number of hydrogen-bond acceptors (Lipinski definition) is 7. The van der Waals surface area contributed by atoms with Gasteiger partial charge < -0.3 is 24.8 Å². The Morgan fingerprint density at radius 2 is 1.11 bits per heavy atom. The smallest absolute Gasteiger partial charge is 0.300 e. The van der Waals surface area contributed by atoms with Crippen LogP contribution in [0.4, 0.5) is 0 Å². The quantitative estimate of drug-likeness (QED) is 0.424. The van der Waals surface area contributed by atoms with Gasteiger partial charge in [0, 0.05) is 47.5 Å². The van der Waals surface area contributed by atoms with E-state index in [0.717, 1.165) is 45.4 Å². The number of aliphatic carboxylic acids is 1. The third-order valence-corrected chi connectivity index (χ3v) is 4.93. The van der Waals surface area contributed by atoms with Gasteiger partial charge in [-0.1, -0.05) is 37.8 Å². The maximum Gasteiger partial charge on any atom is 0.300 e. The summed E-state index contributed by atoms with van der Waals surface area (Å²) in [6.45, 7) is 3.19. The van der Waals surface area contributed by atoms with Crippen molar-refractivity contribution in [2.45, 2.75) is 45.4 Å². The largest absolute Gasteiger partial charge is 0.504 e. The van der Waals surface area contributed by atoms with Gasteiger partial charge in [-0.2, -0.15) is 0 Å². The van der Waals surface area contributed by atoms with E-state index in [0.29, 0.717) is 48.9 Å². The zero-order valence-electron chi connectivity index (χ0n) is 20.0. The van der Waals surface area contributed by atoms with Gasteiger partial charge in [0.05, 0.1) is 26.3 Å². The average Bonchev–Trinajstić information content (AvgIpc) is 2.80. The number of carboxylic acids is 1. The number of hydrogen-bond donors (Lipinski definition) is 3. The van der Waals surface area contributed by atoms with E-state index in [1.165, 1.54) is 0 Å². The van der Waals surface area contributed by atoms with Crippen molar-refractivity contribution in [3.63, 3.8) is 0 Å². The number of aromatic hydroxyl groups is 2. The fourth-order valence-corrected chi connectivity index (χ4v) is 3.24. The van der Waals surface area contributed by atoms with Gasteiger partial charge in [0.1, 0.15) is 0 Å². The summed E-state index contributed by atoms with van der Waals surface area (Å²) in [7, 11) is 0. The number of carbonyl (C=O) groups is 1. The van der Waals surface area contributed by atoms with E-state index in [1.807, 2.05) is 12.1 Å². The Kier molecular flexibility index (Phi) is 14.9. The van der Waals surface area contributed by atoms with Crippen LogP contribution in [-0.4, -0.2) is 60.0 Å². The standard InChI is InChI=1S/C24H30N2O4.C2H4O2.Mn/c27-23-19-9-7-11-21(23)29-15-5-3-1-2-4-6-16-30-22-12-8-10-20(24(22)28)18-26-14-13-25-17-19;1-2(3)4;/h7-12,17-18,27-28H,1-6,13-16H2;1H3,(H,3,4);. The van der Waals surface area contributed by atoms with Crippen LogP contribution in [0.2, 0.25) is 0 Å². The molecule has 35 heavy (non-hydrogen) atoms. The Bertz CT molecular complexity index is 889. The van der Waals surface area contributed by atoms with Crippen molar-refractivity contribution >= 4 is 18.4 Å². The molecule has 0 saturated heterocycles. The second-order valence-electron chi connectivity index (χ2n) is 7.80. The predicted molar refractivity (Wildman–Crippen MR) is 133 cm³/mol. The summed E-state index contributed by atoms with van der Waals surface area (Å²) in [6, 6.07) is 10.9. The van der Waals surface area contributed by atoms with Gasteiger partial charge in [0.2, 0.25) is 0 Å². The first-order valence-corrected chi connectivity index (χ1v) is 11.6. The number of fused-ring (bicyclic) bond motifs is 4. The molecule has 9 heteroatoms. The van der Waals surface area contributed by atoms with E-state index in [2.05, 4.69) is 9.98 Å². The molecule has 2 aromatic carbocycles. The molecule has 1 aliphatic rings. The van der Waals surface area contributed by atoms with E-state index in [9.17, 15) is 10.2 Å². The molecule has 1 radical (unpaired) electrons. The molecule has 0 atom stereocenters. The summed E-state index contributed by atoms with van der Waals surface area (Å²) < 4.78 is 11.5. The molecule has 1 aliphatic heterocycles. The van der Waals surface area contributed by atoms with Crippen molar-refractivity contribution in [1.29, 1.82) is 0 Å². The van der Waals surface area contributed by atoms with Crippen LogP contribution in [0.3, 0.4) is 0 Å². The molecular weight excluding hydrogens is 491 g/mol. The zero-order chi connectivity index (χ0) is 24.6. The zero-order valence-corrected chi connectivity index (χ0v) is 21.2. The Labute approximate surface area is 217 Å². The van der Waals surface area contributed by atoms with Crippen molar-refractivity contribution in [3.8, 4) is 23.0 Å². The summed E-state index contributed by atoms with van der Waals surface area (Å²) in [4.78, 5) is 17.7. The maximum absolute atomic E-state index is 10.4. The topological polar surface area (TPSA) is 121 Å². The van der Waals surface area contributed by atoms with E-state index in [4.69, 9.17) is 19.4 Å². The number of aliphatic imine (C=N–C) groups is 2. The number of para-hydroxylation sites is 2. The minimum Gasteiger partial charge on any atom is -0.504 e. The van der Waals surface area contributed by atoms with Crippen LogP contribution in [0.1, 0.15) is 56.6 Å². The van der Waals surface area contributed by atoms with Gasteiger partial charge in [-0.3, -0.25) is 14.8 Å². The van der Waals surface area contributed by atoms with Gasteiger partial charge >= 0.3 is 0 Å². The van der Waals surface area contributed by atoms with Crippen LogP contribution in [0.5, 0.6) is 23.0 Å². The number of nitrogens with zero attached hydrogens (tertiary/aromatic N) is 2. The van der Waals surface area contributed by atoms with Gasteiger partial charge in [-0.05, 0) is 37.1 Å². The molecule has 1 heterocycles. The van der Waals surface area contributed by atoms with Crippen LogP contribution >= 0.6 is 0 Å². The molecule has 0 aromatic heterocycles. The average molecular weight is 526 g/mol. The van der Waals surface area contributed by atoms with Crippen molar-refractivity contribution in [2.75, 3.05) is 26.3 Å². The number of carboxylic acid groups (broad SMARTS) is 1. The second kappa shape index (κ2) is 17.4. The normalized spacial score (nSPS) is 14.9. The first-order chi connectivity index (χ1) is 16.5. The minimum atomic E-state index is -0.833. The molecule has 0 spiro atoms. The van der Waals surface area contributed by atoms with Gasteiger partial charge in [0.15, 0.2) is 23.0 Å². The van der Waals surface area contributed by atoms with Crippen LogP contribution in [0.25, 0.3) is 0 Å². The summed E-state index contributed by atoms with van der Waals surface area (Å²) >= 11 is 0. The summed E-state index contributed by atoms with van der Waals surface area (Å²) in [5.74, 6) is 0.389. The van der Waals surface area contributed by atoms with Crippen LogP contribution in [0, 0.1) is 0 Å². The second-order valence-corrected chi connectivity index (χ2v) is 7.80. The Morgan fingerprint density at radius 3 is 1.51 bits per heavy atom. The van der Waals surface area contributed by atoms with Crippen LogP contribution in [0.15, 0.2) is 46.4 Å². The van der Waals surface area contributed by atoms with Crippen molar-refractivity contribution < 1.29 is 46.7 Å². The number of rotatable bonds is 0. The van der Waals surface area contributed by atoms with Crippen molar-refractivity contribution in [3.05, 3.63) is 47.5 Å². The predicted octanol–water partition coefficient (Wildman–Crippen LogP) is 4.84. The molecule has 3 N–H and O–H groups in total. The molecule has 4 bridgehead atoms. The van der Waals surface area contributed by atoms with E-state index in [1.54, 1.807) is 36.7 Å². The number of phenols is 2. The van der Waals surface area contributed by atoms with Crippen LogP contribution < -0.4 is 9.47 Å². The number of benzene rings is 2. The van der Waals surface area contributed by atoms with Gasteiger partial charge in [-0.25, -0.2) is 0 Å². The SMILES string of the molecule is CC(=O)O.Oc1c2cccc1OCCCCCCCCOc1cccc(c1O)C=NCCN=C2.[Mn]. The third kappa shape index (κ3) is 11.8. The van der Waals surface area contributed by atoms with E-state index >= 15 is 0 Å². The van der Waals surface area contributed by atoms with Gasteiger partial charge in [-0.15, -0.1) is 0 Å². The summed E-state index contributed by atoms with van der Waals surface area (Å²) in [5.41, 5.74) is 1.25. The fourth-order valence-electron chi connectivity index (χ4n) is 3.24. The first kappa shape index (κ1) is 30.0. The first-order valence-electron chi connectivity index (χ1n) is 11.6. The fraction of sp³-hybridized carbons (Fsp3) is 0.423. The molecule has 0 unspecified atom stereocenters. The van der Waals surface area contributed by atoms with E-state index < -0.39 is 5.97 Å². The Hall–Kier alpha value is -3.03. The van der Waals surface area contributed by atoms with Crippen molar-refractivity contribution in [1.82, 2.24) is 0 Å². The molecule has 0 fully saturated rings. The monoisotopic (exact) mass is 525 g/mol. The summed E-state index contributed by atoms with van der Waals surface area (Å²) in [5, 5.41) is 28.2. The van der Waals surface area contributed by atoms with Gasteiger partial charge in [0.25, 0.3) is 5.97 Å². The minimum absolute atomic E-state index is 0. The molecule has 0 saturated carbocycles. The molecule has 8 nitrogen and oxygen atoms in total. The molecule has 2 aromatic rings. The summed E-state index contributed by atoms with van der Waals surface area (Å²) in [6.07, 6.45) is 9.62. The van der Waals surface area contributed by atoms with E-state index in [-0.39, 0.29) is 28.6 Å². The molecule has 3 rings (SSSR count). The molecule has 191 valence electrons. The molecular formula is C26H34MnN2O6. The number of phenolic OH excluding ortho intramolecular Hbond substituents is 2. The maximum atomic E-state index is 10.4. The Morgan fingerprint density at radius 1 is 0.743 bits per heavy atom.